The highest BCUT2D eigenvalue weighted by Gasteiger charge is 2.47. The van der Waals surface area contributed by atoms with Crippen molar-refractivity contribution in [1.82, 2.24) is 20.3 Å². The summed E-state index contributed by atoms with van der Waals surface area (Å²) in [5.41, 5.74) is 3.25. The fourth-order valence-electron chi connectivity index (χ4n) is 5.94. The molecule has 6 rings (SSSR count). The van der Waals surface area contributed by atoms with Gasteiger partial charge in [0.1, 0.15) is 29.0 Å². The summed E-state index contributed by atoms with van der Waals surface area (Å²) in [5, 5.41) is 3.93. The van der Waals surface area contributed by atoms with Gasteiger partial charge < -0.3 is 20.7 Å². The molecule has 0 amide bonds. The molecule has 2 fully saturated rings. The quantitative estimate of drug-likeness (QED) is 0.376. The number of aromatic nitrogens is 3. The Labute approximate surface area is 202 Å². The van der Waals surface area contributed by atoms with Crippen molar-refractivity contribution in [3.8, 4) is 17.1 Å². The van der Waals surface area contributed by atoms with Crippen LogP contribution in [0.5, 0.6) is 5.88 Å². The number of piperazine rings is 1. The van der Waals surface area contributed by atoms with Crippen molar-refractivity contribution in [1.29, 1.82) is 0 Å². The van der Waals surface area contributed by atoms with E-state index in [1.54, 1.807) is 13.8 Å². The molecule has 0 aromatic carbocycles. The van der Waals surface area contributed by atoms with Gasteiger partial charge in [-0.2, -0.15) is 17.6 Å². The van der Waals surface area contributed by atoms with Crippen molar-refractivity contribution < 1.29 is 26.7 Å². The van der Waals surface area contributed by atoms with Crippen molar-refractivity contribution in [3.05, 3.63) is 34.7 Å². The van der Waals surface area contributed by atoms with Crippen LogP contribution in [0.15, 0.2) is 6.07 Å². The second-order valence-electron chi connectivity index (χ2n) is 9.75. The molecule has 12 heteroatoms. The van der Waals surface area contributed by atoms with E-state index >= 15 is 4.39 Å². The minimum absolute atomic E-state index is 0.0418. The van der Waals surface area contributed by atoms with E-state index in [-0.39, 0.29) is 29.4 Å². The third-order valence-corrected chi connectivity index (χ3v) is 7.57. The summed E-state index contributed by atoms with van der Waals surface area (Å²) in [6.45, 7) is 5.84. The molecule has 3 aliphatic rings. The van der Waals surface area contributed by atoms with E-state index in [0.29, 0.717) is 29.0 Å². The van der Waals surface area contributed by atoms with Gasteiger partial charge in [-0.25, -0.2) is 19.3 Å². The number of nitrogens with two attached hydrogens (primary N) is 1. The van der Waals surface area contributed by atoms with Crippen LogP contribution in [0.2, 0.25) is 0 Å². The third kappa shape index (κ3) is 3.23. The van der Waals surface area contributed by atoms with Gasteiger partial charge in [-0.05, 0) is 45.2 Å². The average Bonchev–Trinajstić information content (AvgIpc) is 3.10. The molecule has 2 bridgehead atoms. The zero-order valence-corrected chi connectivity index (χ0v) is 19.7. The Hall–Kier alpha value is -3.28. The van der Waals surface area contributed by atoms with Crippen LogP contribution in [0.4, 0.5) is 33.6 Å². The number of hydrogen-bond acceptors (Lipinski definition) is 7. The van der Waals surface area contributed by atoms with Crippen molar-refractivity contribution in [2.75, 3.05) is 17.2 Å². The first kappa shape index (κ1) is 23.1. The van der Waals surface area contributed by atoms with Gasteiger partial charge in [-0.15, -0.1) is 0 Å². The lowest BCUT2D eigenvalue weighted by molar-refractivity contribution is -0.139. The maximum atomic E-state index is 16.2. The predicted octanol–water partition coefficient (Wildman–Crippen LogP) is 4.28. The molecular formula is C24H23F5N6O. The van der Waals surface area contributed by atoms with Gasteiger partial charge in [0, 0.05) is 35.3 Å². The molecule has 0 aliphatic carbocycles. The van der Waals surface area contributed by atoms with Crippen LogP contribution < -0.4 is 20.7 Å². The standard InChI is InChI=1S/C24H23F5N6O/c1-8-9(2)31-22-16-15(8)18(25)19(12-6-14(30)33-21(26)17(12)24(27,28)29)34-23(16)36-10(3)20-13-5-4-11(32-13)7-35(20)22/h6,10-11,13,20,32H,4-5,7H2,1-3H3,(H2,30,33)/t10-,11+,13-,20+/m0/s1. The van der Waals surface area contributed by atoms with E-state index in [1.807, 2.05) is 6.92 Å². The highest BCUT2D eigenvalue weighted by atomic mass is 19.4. The number of nitrogens with one attached hydrogen (secondary N) is 1. The monoisotopic (exact) mass is 506 g/mol. The highest BCUT2D eigenvalue weighted by molar-refractivity contribution is 6.01. The van der Waals surface area contributed by atoms with E-state index < -0.39 is 46.7 Å². The van der Waals surface area contributed by atoms with Crippen molar-refractivity contribution in [2.45, 2.75) is 64.0 Å². The maximum absolute atomic E-state index is 16.2. The van der Waals surface area contributed by atoms with E-state index in [0.717, 1.165) is 18.9 Å². The summed E-state index contributed by atoms with van der Waals surface area (Å²) in [7, 11) is 0. The number of hydrogen-bond donors (Lipinski definition) is 2. The number of alkyl halides is 3. The molecule has 0 saturated carbocycles. The number of halogens is 5. The summed E-state index contributed by atoms with van der Waals surface area (Å²) < 4.78 is 78.5. The fraction of sp³-hybridized carbons (Fsp3) is 0.458. The minimum Gasteiger partial charge on any atom is -0.472 e. The molecule has 4 atom stereocenters. The SMILES string of the molecule is Cc1nc2c3c(nc(-c4cc(N)nc(F)c4C(F)(F)F)c(F)c3c1C)O[C@@H](C)[C@@H]1[C@@H]3CC[C@H](CN21)N3. The largest absolute Gasteiger partial charge is 0.472 e. The second-order valence-corrected chi connectivity index (χ2v) is 9.75. The Morgan fingerprint density at radius 1 is 1.11 bits per heavy atom. The van der Waals surface area contributed by atoms with Gasteiger partial charge in [-0.1, -0.05) is 0 Å². The number of ether oxygens (including phenoxy) is 1. The van der Waals surface area contributed by atoms with E-state index in [1.165, 1.54) is 0 Å². The molecule has 6 heterocycles. The number of nitrogen functional groups attached to an aromatic ring is 1. The van der Waals surface area contributed by atoms with Gasteiger partial charge in [0.15, 0.2) is 5.82 Å². The predicted molar refractivity (Wildman–Crippen MR) is 123 cm³/mol. The van der Waals surface area contributed by atoms with E-state index in [9.17, 15) is 17.6 Å². The Balaban J connectivity index is 1.69. The number of anilines is 2. The average molecular weight is 506 g/mol. The number of aryl methyl sites for hydroxylation is 2. The molecule has 3 aliphatic heterocycles. The van der Waals surface area contributed by atoms with Crippen molar-refractivity contribution >= 4 is 22.4 Å². The van der Waals surface area contributed by atoms with E-state index in [4.69, 9.17) is 15.5 Å². The van der Waals surface area contributed by atoms with Crippen LogP contribution in [0, 0.1) is 25.6 Å². The smallest absolute Gasteiger partial charge is 0.421 e. The van der Waals surface area contributed by atoms with E-state index in [2.05, 4.69) is 20.2 Å². The molecule has 3 N–H and O–H groups in total. The fourth-order valence-corrected chi connectivity index (χ4v) is 5.94. The first-order valence-corrected chi connectivity index (χ1v) is 11.7. The Morgan fingerprint density at radius 3 is 2.58 bits per heavy atom. The maximum Gasteiger partial charge on any atom is 0.421 e. The summed E-state index contributed by atoms with van der Waals surface area (Å²) in [6, 6.07) is 1.00. The van der Waals surface area contributed by atoms with Crippen LogP contribution >= 0.6 is 0 Å². The first-order valence-electron chi connectivity index (χ1n) is 11.7. The van der Waals surface area contributed by atoms with Gasteiger partial charge in [-0.3, -0.25) is 0 Å². The molecule has 0 unspecified atom stereocenters. The number of nitrogens with zero attached hydrogens (tertiary/aromatic N) is 4. The zero-order chi connectivity index (χ0) is 25.7. The van der Waals surface area contributed by atoms with Crippen molar-refractivity contribution in [2.24, 2.45) is 0 Å². The summed E-state index contributed by atoms with van der Waals surface area (Å²) >= 11 is 0. The molecule has 0 radical (unpaired) electrons. The minimum atomic E-state index is -5.16. The zero-order valence-electron chi connectivity index (χ0n) is 19.7. The molecule has 3 aromatic rings. The molecule has 3 aromatic heterocycles. The summed E-state index contributed by atoms with van der Waals surface area (Å²) in [5.74, 6) is -2.96. The molecule has 0 spiro atoms. The number of fused-ring (bicyclic) bond motifs is 5. The molecule has 36 heavy (non-hydrogen) atoms. The lowest BCUT2D eigenvalue weighted by Crippen LogP contribution is -2.62. The van der Waals surface area contributed by atoms with Gasteiger partial charge >= 0.3 is 6.18 Å². The van der Waals surface area contributed by atoms with Crippen LogP contribution in [-0.2, 0) is 6.18 Å². The molecule has 190 valence electrons. The molecule has 7 nitrogen and oxygen atoms in total. The van der Waals surface area contributed by atoms with Gasteiger partial charge in [0.05, 0.1) is 11.4 Å². The number of rotatable bonds is 1. The number of pyridine rings is 3. The highest BCUT2D eigenvalue weighted by Crippen LogP contribution is 2.47. The lowest BCUT2D eigenvalue weighted by Gasteiger charge is -2.43. The van der Waals surface area contributed by atoms with Crippen LogP contribution in [0.3, 0.4) is 0 Å². The third-order valence-electron chi connectivity index (χ3n) is 7.57. The Morgan fingerprint density at radius 2 is 1.86 bits per heavy atom. The summed E-state index contributed by atoms with van der Waals surface area (Å²) in [4.78, 5) is 14.2. The second kappa shape index (κ2) is 7.61. The lowest BCUT2D eigenvalue weighted by atomic mass is 9.98. The van der Waals surface area contributed by atoms with Crippen LogP contribution in [0.1, 0.15) is 36.6 Å². The molecular weight excluding hydrogens is 483 g/mol. The van der Waals surface area contributed by atoms with Gasteiger partial charge in [0.2, 0.25) is 11.8 Å². The first-order chi connectivity index (χ1) is 17.0. The Bertz CT molecular complexity index is 1430. The van der Waals surface area contributed by atoms with Crippen molar-refractivity contribution in [3.63, 3.8) is 0 Å². The topological polar surface area (TPSA) is 89.2 Å². The molecule has 2 saturated heterocycles. The Kier molecular flexibility index (Phi) is 4.89. The summed E-state index contributed by atoms with van der Waals surface area (Å²) in [6.07, 6.45) is -3.68. The van der Waals surface area contributed by atoms with Crippen LogP contribution in [-0.4, -0.2) is 45.7 Å². The van der Waals surface area contributed by atoms with Gasteiger partial charge in [0.25, 0.3) is 0 Å². The normalized spacial score (nSPS) is 25.1. The van der Waals surface area contributed by atoms with Crippen LogP contribution in [0.25, 0.3) is 22.0 Å².